The average Bonchev–Trinajstić information content (AvgIpc) is 2.72. The second kappa shape index (κ2) is 17.4. The van der Waals surface area contributed by atoms with Crippen LogP contribution in [-0.4, -0.2) is 21.8 Å². The minimum Gasteiger partial charge on any atom is -0.481 e. The van der Waals surface area contributed by atoms with E-state index in [1.54, 1.807) is 0 Å². The molecule has 0 unspecified atom stereocenters. The summed E-state index contributed by atoms with van der Waals surface area (Å²) < 4.78 is 0. The Morgan fingerprint density at radius 2 is 1.44 bits per heavy atom. The molecule has 182 valence electrons. The van der Waals surface area contributed by atoms with Crippen molar-refractivity contribution in [3.8, 4) is 0 Å². The van der Waals surface area contributed by atoms with Crippen molar-refractivity contribution in [2.24, 2.45) is 5.41 Å². The van der Waals surface area contributed by atoms with Crippen LogP contribution in [0.5, 0.6) is 0 Å². The molecule has 32 heavy (non-hydrogen) atoms. The number of hydrogen-bond acceptors (Lipinski definition) is 3. The van der Waals surface area contributed by atoms with Gasteiger partial charge < -0.3 is 10.4 Å². The van der Waals surface area contributed by atoms with Gasteiger partial charge in [0.25, 0.3) is 0 Å². The normalized spacial score (nSPS) is 11.5. The number of carboxylic acid groups (broad SMARTS) is 1. The van der Waals surface area contributed by atoms with Gasteiger partial charge in [-0.2, -0.15) is 0 Å². The standard InChI is InChI=1S/C27H45NO2S2/c1-27(2,3)21-15-9-7-5-4-6-8-11-19-25(31)28-23-17-13-14-18-24(23)32-22-16-10-12-20-26(29)30/h13-14,17-18H,4-12,15-16,19-22H2,1-3H3,(H,28,31)(H,29,30). The predicted octanol–water partition coefficient (Wildman–Crippen LogP) is 9.11. The summed E-state index contributed by atoms with van der Waals surface area (Å²) in [5.74, 6) is 0.300. The molecule has 5 heteroatoms. The number of carboxylic acids is 1. The molecule has 0 saturated carbocycles. The number of benzene rings is 1. The highest BCUT2D eigenvalue weighted by atomic mass is 32.2. The Bertz CT molecular complexity index is 655. The first-order valence-electron chi connectivity index (χ1n) is 12.5. The van der Waals surface area contributed by atoms with Crippen molar-refractivity contribution >= 4 is 40.6 Å². The molecule has 1 rings (SSSR count). The van der Waals surface area contributed by atoms with Crippen LogP contribution in [0.1, 0.15) is 111 Å². The number of nitrogens with one attached hydrogen (secondary N) is 1. The summed E-state index contributed by atoms with van der Waals surface area (Å²) in [6.45, 7) is 6.99. The van der Waals surface area contributed by atoms with Crippen LogP contribution in [0, 0.1) is 5.41 Å². The van der Waals surface area contributed by atoms with E-state index in [1.807, 2.05) is 17.8 Å². The maximum Gasteiger partial charge on any atom is 0.303 e. The van der Waals surface area contributed by atoms with E-state index >= 15 is 0 Å². The van der Waals surface area contributed by atoms with Crippen molar-refractivity contribution < 1.29 is 9.90 Å². The van der Waals surface area contributed by atoms with Crippen LogP contribution < -0.4 is 5.32 Å². The van der Waals surface area contributed by atoms with Crippen LogP contribution in [0.15, 0.2) is 29.2 Å². The number of thiocarbonyl (C=S) groups is 1. The van der Waals surface area contributed by atoms with Gasteiger partial charge in [-0.05, 0) is 55.4 Å². The van der Waals surface area contributed by atoms with Gasteiger partial charge in [-0.1, -0.05) is 96.5 Å². The van der Waals surface area contributed by atoms with Gasteiger partial charge in [0, 0.05) is 11.3 Å². The molecular formula is C27H45NO2S2. The predicted molar refractivity (Wildman–Crippen MR) is 145 cm³/mol. The number of anilines is 1. The van der Waals surface area contributed by atoms with Gasteiger partial charge in [0.15, 0.2) is 0 Å². The molecule has 0 atom stereocenters. The quantitative estimate of drug-likeness (QED) is 0.125. The van der Waals surface area contributed by atoms with E-state index in [9.17, 15) is 4.79 Å². The van der Waals surface area contributed by atoms with Crippen LogP contribution in [0.25, 0.3) is 0 Å². The molecule has 0 fully saturated rings. The molecule has 1 aromatic rings. The first-order chi connectivity index (χ1) is 15.3. The molecule has 0 aliphatic heterocycles. The number of aliphatic carboxylic acids is 1. The maximum absolute atomic E-state index is 10.6. The maximum atomic E-state index is 10.6. The van der Waals surface area contributed by atoms with E-state index in [4.69, 9.17) is 17.3 Å². The van der Waals surface area contributed by atoms with Crippen LogP contribution >= 0.6 is 24.0 Å². The zero-order valence-electron chi connectivity index (χ0n) is 20.6. The second-order valence-corrected chi connectivity index (χ2v) is 11.6. The van der Waals surface area contributed by atoms with E-state index in [1.165, 1.54) is 56.3 Å². The van der Waals surface area contributed by atoms with E-state index in [2.05, 4.69) is 44.3 Å². The van der Waals surface area contributed by atoms with Crippen LogP contribution in [0.3, 0.4) is 0 Å². The largest absolute Gasteiger partial charge is 0.481 e. The Labute approximate surface area is 206 Å². The highest BCUT2D eigenvalue weighted by molar-refractivity contribution is 7.99. The zero-order valence-corrected chi connectivity index (χ0v) is 22.2. The molecule has 0 heterocycles. The van der Waals surface area contributed by atoms with Gasteiger partial charge in [0.05, 0.1) is 10.7 Å². The summed E-state index contributed by atoms with van der Waals surface area (Å²) in [5, 5.41) is 12.2. The Kier molecular flexibility index (Phi) is 15.8. The van der Waals surface area contributed by atoms with Crippen molar-refractivity contribution in [2.75, 3.05) is 11.1 Å². The molecule has 0 aliphatic rings. The van der Waals surface area contributed by atoms with Crippen molar-refractivity contribution in [2.45, 2.75) is 116 Å². The van der Waals surface area contributed by atoms with Gasteiger partial charge in [0.1, 0.15) is 0 Å². The third-order valence-corrected chi connectivity index (χ3v) is 7.00. The molecule has 0 amide bonds. The fraction of sp³-hybridized carbons (Fsp3) is 0.704. The van der Waals surface area contributed by atoms with E-state index in [0.717, 1.165) is 48.5 Å². The van der Waals surface area contributed by atoms with E-state index < -0.39 is 5.97 Å². The summed E-state index contributed by atoms with van der Waals surface area (Å²) in [5.41, 5.74) is 1.58. The third-order valence-electron chi connectivity index (χ3n) is 5.53. The van der Waals surface area contributed by atoms with Crippen LogP contribution in [0.2, 0.25) is 0 Å². The third kappa shape index (κ3) is 16.5. The topological polar surface area (TPSA) is 49.3 Å². The molecule has 0 aliphatic carbocycles. The fourth-order valence-electron chi connectivity index (χ4n) is 3.65. The van der Waals surface area contributed by atoms with Crippen molar-refractivity contribution in [1.82, 2.24) is 0 Å². The van der Waals surface area contributed by atoms with Gasteiger partial charge in [-0.25, -0.2) is 0 Å². The van der Waals surface area contributed by atoms with Crippen molar-refractivity contribution in [1.29, 1.82) is 0 Å². The number of rotatable bonds is 18. The molecule has 2 N–H and O–H groups in total. The monoisotopic (exact) mass is 479 g/mol. The Morgan fingerprint density at radius 3 is 2.09 bits per heavy atom. The first kappa shape index (κ1) is 29.0. The summed E-state index contributed by atoms with van der Waals surface area (Å²) in [6, 6.07) is 8.33. The number of thioether (sulfide) groups is 1. The van der Waals surface area contributed by atoms with Crippen molar-refractivity contribution in [3.05, 3.63) is 24.3 Å². The number of unbranched alkanes of at least 4 members (excludes halogenated alkanes) is 9. The molecular weight excluding hydrogens is 434 g/mol. The second-order valence-electron chi connectivity index (χ2n) is 9.99. The number of hydrogen-bond donors (Lipinski definition) is 2. The lowest BCUT2D eigenvalue weighted by molar-refractivity contribution is -0.137. The summed E-state index contributed by atoms with van der Waals surface area (Å²) in [6.07, 6.45) is 15.9. The van der Waals surface area contributed by atoms with Crippen LogP contribution in [0.4, 0.5) is 5.69 Å². The lowest BCUT2D eigenvalue weighted by Crippen LogP contribution is -2.09. The summed E-state index contributed by atoms with van der Waals surface area (Å²) >= 11 is 7.41. The Hall–Kier alpha value is -1.07. The highest BCUT2D eigenvalue weighted by Gasteiger charge is 2.08. The van der Waals surface area contributed by atoms with E-state index in [0.29, 0.717) is 5.41 Å². The molecule has 0 saturated heterocycles. The zero-order chi connectivity index (χ0) is 23.7. The molecule has 0 radical (unpaired) electrons. The number of para-hydroxylation sites is 1. The van der Waals surface area contributed by atoms with Gasteiger partial charge in [-0.15, -0.1) is 11.8 Å². The fourth-order valence-corrected chi connectivity index (χ4v) is 4.92. The minimum atomic E-state index is -0.702. The average molecular weight is 480 g/mol. The molecule has 0 spiro atoms. The summed E-state index contributed by atoms with van der Waals surface area (Å²) in [4.78, 5) is 12.7. The minimum absolute atomic E-state index is 0.272. The van der Waals surface area contributed by atoms with Gasteiger partial charge in [0.2, 0.25) is 0 Å². The Balaban J connectivity index is 2.12. The van der Waals surface area contributed by atoms with Gasteiger partial charge >= 0.3 is 5.97 Å². The van der Waals surface area contributed by atoms with Crippen LogP contribution in [-0.2, 0) is 4.79 Å². The lowest BCUT2D eigenvalue weighted by atomic mass is 9.89. The molecule has 1 aromatic carbocycles. The molecule has 0 bridgehead atoms. The smallest absolute Gasteiger partial charge is 0.303 e. The summed E-state index contributed by atoms with van der Waals surface area (Å²) in [7, 11) is 0. The Morgan fingerprint density at radius 1 is 0.875 bits per heavy atom. The lowest BCUT2D eigenvalue weighted by Gasteiger charge is -2.17. The van der Waals surface area contributed by atoms with Gasteiger partial charge in [-0.3, -0.25) is 4.79 Å². The number of carbonyl (C=O) groups is 1. The van der Waals surface area contributed by atoms with Crippen molar-refractivity contribution in [3.63, 3.8) is 0 Å². The SMILES string of the molecule is CC(C)(C)CCCCCCCCCCC(=S)Nc1ccccc1SCCCCCC(=O)O. The highest BCUT2D eigenvalue weighted by Crippen LogP contribution is 2.28. The van der Waals surface area contributed by atoms with E-state index in [-0.39, 0.29) is 6.42 Å². The first-order valence-corrected chi connectivity index (χ1v) is 13.9. The molecule has 3 nitrogen and oxygen atoms in total. The molecule has 0 aromatic heterocycles.